The van der Waals surface area contributed by atoms with Gasteiger partial charge in [0, 0.05) is 12.2 Å². The number of nitrogens with zero attached hydrogens (tertiary/aromatic N) is 3. The first-order valence-corrected chi connectivity index (χ1v) is 4.53. The van der Waals surface area contributed by atoms with Crippen LogP contribution in [0.25, 0.3) is 0 Å². The monoisotopic (exact) mass is 234 g/mol. The number of hydrogen-bond donors (Lipinski definition) is 4. The second-order valence-electron chi connectivity index (χ2n) is 3.36. The number of nitrogens with two attached hydrogens (primary N) is 1. The molecular formula is C7H14N4O5. The van der Waals surface area contributed by atoms with Crippen LogP contribution in [0.1, 0.15) is 0 Å². The Morgan fingerprint density at radius 2 is 2.12 bits per heavy atom. The number of hydrogen-bond acceptors (Lipinski definition) is 7. The molecule has 5 N–H and O–H groups in total. The molecule has 1 aliphatic heterocycles. The van der Waals surface area contributed by atoms with Gasteiger partial charge in [0.25, 0.3) is 5.96 Å². The Balaban J connectivity index is 2.78. The van der Waals surface area contributed by atoms with Crippen molar-refractivity contribution in [3.63, 3.8) is 0 Å². The van der Waals surface area contributed by atoms with Crippen molar-refractivity contribution in [3.05, 3.63) is 4.91 Å². The summed E-state index contributed by atoms with van der Waals surface area (Å²) in [6.45, 7) is -0.452. The fourth-order valence-corrected chi connectivity index (χ4v) is 1.49. The van der Waals surface area contributed by atoms with E-state index >= 15 is 0 Å². The molecule has 4 atom stereocenters. The summed E-state index contributed by atoms with van der Waals surface area (Å²) in [4.78, 5) is 11.4. The molecule has 0 radical (unpaired) electrons. The summed E-state index contributed by atoms with van der Waals surface area (Å²) in [5.41, 5.74) is 0. The van der Waals surface area contributed by atoms with Gasteiger partial charge in [-0.3, -0.25) is 0 Å². The third-order valence-electron chi connectivity index (χ3n) is 2.41. The molecule has 0 amide bonds. The predicted octanol–water partition coefficient (Wildman–Crippen LogP) is -2.65. The molecule has 9 heteroatoms. The van der Waals surface area contributed by atoms with Gasteiger partial charge in [-0.05, 0) is 0 Å². The molecule has 16 heavy (non-hydrogen) atoms. The van der Waals surface area contributed by atoms with E-state index in [0.29, 0.717) is 0 Å². The van der Waals surface area contributed by atoms with Crippen LogP contribution in [0.2, 0.25) is 0 Å². The van der Waals surface area contributed by atoms with E-state index in [4.69, 9.17) is 15.7 Å². The summed E-state index contributed by atoms with van der Waals surface area (Å²) in [6.07, 6.45) is -4.50. The molecule has 1 fully saturated rings. The molecule has 0 aromatic heterocycles. The lowest BCUT2D eigenvalue weighted by atomic mass is 10.1. The molecule has 0 aromatic rings. The second kappa shape index (κ2) is 5.16. The highest BCUT2D eigenvalue weighted by Crippen LogP contribution is 2.23. The maximum Gasteiger partial charge on any atom is 0.285 e. The van der Waals surface area contributed by atoms with Crippen molar-refractivity contribution in [2.24, 2.45) is 16.1 Å². The van der Waals surface area contributed by atoms with Gasteiger partial charge in [0.2, 0.25) is 0 Å². The highest BCUT2D eigenvalue weighted by Gasteiger charge is 2.45. The van der Waals surface area contributed by atoms with Crippen LogP contribution in [-0.4, -0.2) is 64.4 Å². The van der Waals surface area contributed by atoms with E-state index in [1.165, 1.54) is 7.05 Å². The molecule has 0 aromatic carbocycles. The quantitative estimate of drug-likeness (QED) is 0.134. The van der Waals surface area contributed by atoms with Crippen molar-refractivity contribution in [1.82, 2.24) is 4.90 Å². The van der Waals surface area contributed by atoms with Crippen LogP contribution in [0.3, 0.4) is 0 Å². The molecule has 0 aliphatic carbocycles. The van der Waals surface area contributed by atoms with E-state index in [0.717, 1.165) is 4.90 Å². The summed E-state index contributed by atoms with van der Waals surface area (Å²) in [5.74, 6) is 4.52. The van der Waals surface area contributed by atoms with Crippen molar-refractivity contribution < 1.29 is 20.1 Å². The minimum atomic E-state index is -1.29. The molecule has 92 valence electrons. The Labute approximate surface area is 91.1 Å². The lowest BCUT2D eigenvalue weighted by Crippen LogP contribution is -2.44. The number of rotatable bonds is 2. The number of hydrazone groups is 1. The third kappa shape index (κ3) is 2.11. The predicted molar refractivity (Wildman–Crippen MR) is 52.9 cm³/mol. The Morgan fingerprint density at radius 3 is 2.50 bits per heavy atom. The molecule has 0 saturated carbocycles. The number of aliphatic hydroxyl groups excluding tert-OH is 3. The zero-order valence-corrected chi connectivity index (χ0v) is 8.59. The van der Waals surface area contributed by atoms with Crippen molar-refractivity contribution in [2.45, 2.75) is 24.5 Å². The van der Waals surface area contributed by atoms with E-state index in [1.807, 2.05) is 0 Å². The van der Waals surface area contributed by atoms with E-state index in [-0.39, 0.29) is 5.96 Å². The maximum atomic E-state index is 10.3. The Hall–Kier alpha value is -1.29. The van der Waals surface area contributed by atoms with Gasteiger partial charge in [-0.15, -0.1) is 10.0 Å². The summed E-state index contributed by atoms with van der Waals surface area (Å²) < 4.78 is 5.12. The molecule has 0 bridgehead atoms. The SMILES string of the molecule is CN(/C(N=O)=N/N)[C@@H]1O[C@H](CO)[C@@H](O)[C@H]1O. The molecule has 1 saturated heterocycles. The zero-order chi connectivity index (χ0) is 12.3. The molecule has 9 nitrogen and oxygen atoms in total. The van der Waals surface area contributed by atoms with E-state index in [1.54, 1.807) is 0 Å². The van der Waals surface area contributed by atoms with E-state index in [2.05, 4.69) is 10.3 Å². The molecule has 1 heterocycles. The van der Waals surface area contributed by atoms with Crippen molar-refractivity contribution in [3.8, 4) is 0 Å². The average Bonchev–Trinajstić information content (AvgIpc) is 2.57. The van der Waals surface area contributed by atoms with Gasteiger partial charge >= 0.3 is 0 Å². The summed E-state index contributed by atoms with van der Waals surface area (Å²) >= 11 is 0. The Morgan fingerprint density at radius 1 is 1.50 bits per heavy atom. The highest BCUT2D eigenvalue weighted by molar-refractivity contribution is 5.80. The standard InChI is InChI=1S/C7H14N4O5/c1-11(7(9-8)10-15)6-5(14)4(13)3(2-12)16-6/h3-6,12-14H,2,8H2,1H3/b9-7+/t3-,4-,5-,6-/m1/s1. The van der Waals surface area contributed by atoms with Crippen molar-refractivity contribution >= 4 is 5.96 Å². The fraction of sp³-hybridized carbons (Fsp3) is 0.857. The Bertz CT molecular complexity index is 286. The Kier molecular flexibility index (Phi) is 4.12. The lowest BCUT2D eigenvalue weighted by Gasteiger charge is -2.25. The van der Waals surface area contributed by atoms with Crippen LogP contribution < -0.4 is 5.84 Å². The first-order chi connectivity index (χ1) is 7.56. The first-order valence-electron chi connectivity index (χ1n) is 4.53. The molecular weight excluding hydrogens is 220 g/mol. The van der Waals surface area contributed by atoms with Gasteiger partial charge in [-0.25, -0.2) is 0 Å². The summed E-state index contributed by atoms with van der Waals surface area (Å²) in [5, 5.41) is 33.5. The summed E-state index contributed by atoms with van der Waals surface area (Å²) in [6, 6.07) is 0. The van der Waals surface area contributed by atoms with Gasteiger partial charge in [-0.1, -0.05) is 0 Å². The van der Waals surface area contributed by atoms with Crippen LogP contribution in [0.5, 0.6) is 0 Å². The molecule has 1 rings (SSSR count). The second-order valence-corrected chi connectivity index (χ2v) is 3.36. The van der Waals surface area contributed by atoms with Gasteiger partial charge in [0.1, 0.15) is 18.3 Å². The molecule has 0 unspecified atom stereocenters. The van der Waals surface area contributed by atoms with Crippen LogP contribution in [0.15, 0.2) is 10.3 Å². The molecule has 0 spiro atoms. The van der Waals surface area contributed by atoms with Gasteiger partial charge in [0.15, 0.2) is 6.23 Å². The van der Waals surface area contributed by atoms with Gasteiger partial charge < -0.3 is 30.8 Å². The maximum absolute atomic E-state index is 10.3. The number of aliphatic hydroxyl groups is 3. The molecule has 1 aliphatic rings. The van der Waals surface area contributed by atoms with E-state index < -0.39 is 31.1 Å². The fourth-order valence-electron chi connectivity index (χ4n) is 1.49. The van der Waals surface area contributed by atoms with E-state index in [9.17, 15) is 15.1 Å². The lowest BCUT2D eigenvalue weighted by molar-refractivity contribution is -0.0647. The highest BCUT2D eigenvalue weighted by atomic mass is 16.6. The minimum absolute atomic E-state index is 0.380. The number of ether oxygens (including phenoxy) is 1. The summed E-state index contributed by atoms with van der Waals surface area (Å²) in [7, 11) is 1.37. The van der Waals surface area contributed by atoms with Gasteiger partial charge in [-0.2, -0.15) is 0 Å². The first kappa shape index (κ1) is 12.8. The van der Waals surface area contributed by atoms with Crippen LogP contribution in [0.4, 0.5) is 0 Å². The zero-order valence-electron chi connectivity index (χ0n) is 8.59. The van der Waals surface area contributed by atoms with Gasteiger partial charge in [0.05, 0.1) is 6.61 Å². The largest absolute Gasteiger partial charge is 0.394 e. The number of likely N-dealkylation sites (N-methyl/N-ethyl adjacent to an activating group) is 1. The topological polar surface area (TPSA) is 141 Å². The minimum Gasteiger partial charge on any atom is -0.394 e. The number of guanidine groups is 1. The van der Waals surface area contributed by atoms with Crippen LogP contribution >= 0.6 is 0 Å². The van der Waals surface area contributed by atoms with Crippen LogP contribution in [-0.2, 0) is 4.74 Å². The average molecular weight is 234 g/mol. The van der Waals surface area contributed by atoms with Crippen LogP contribution in [0, 0.1) is 4.91 Å². The normalized spacial score (nSPS) is 35.1. The third-order valence-corrected chi connectivity index (χ3v) is 2.41. The van der Waals surface area contributed by atoms with Crippen molar-refractivity contribution in [1.29, 1.82) is 0 Å². The smallest absolute Gasteiger partial charge is 0.285 e. The number of nitroso groups, excluding NO2 is 1. The van der Waals surface area contributed by atoms with Crippen molar-refractivity contribution in [2.75, 3.05) is 13.7 Å².